The van der Waals surface area contributed by atoms with Gasteiger partial charge in [-0.3, -0.25) is 14.4 Å². The number of rotatable bonds is 6. The van der Waals surface area contributed by atoms with Crippen LogP contribution in [0.15, 0.2) is 0 Å². The number of hydrogen-bond acceptors (Lipinski definition) is 5. The zero-order valence-corrected chi connectivity index (χ0v) is 21.4. The molecule has 0 aromatic heterocycles. The summed E-state index contributed by atoms with van der Waals surface area (Å²) in [6, 6.07) is 0. The van der Waals surface area contributed by atoms with Gasteiger partial charge >= 0.3 is 11.9 Å². The van der Waals surface area contributed by atoms with Crippen LogP contribution in [0.25, 0.3) is 0 Å². The SMILES string of the molecule is COC(=O)CCC[C@@H](C)[C@H]1CC[C@H]2[C@@H]3C(=O)CC4C[C@@H](OC(C)=O)CC[C@]4(C)[C@H]3CC[C@]12C. The Morgan fingerprint density at radius 1 is 1.06 bits per heavy atom. The van der Waals surface area contributed by atoms with Crippen LogP contribution in [0.3, 0.4) is 0 Å². The van der Waals surface area contributed by atoms with Gasteiger partial charge in [-0.15, -0.1) is 0 Å². The molecule has 0 amide bonds. The molecule has 0 heterocycles. The molecule has 4 aliphatic rings. The van der Waals surface area contributed by atoms with E-state index in [-0.39, 0.29) is 34.8 Å². The fourth-order valence-corrected chi connectivity index (χ4v) is 9.08. The molecule has 0 spiro atoms. The van der Waals surface area contributed by atoms with Gasteiger partial charge < -0.3 is 9.47 Å². The molecule has 4 aliphatic carbocycles. The summed E-state index contributed by atoms with van der Waals surface area (Å²) in [5.41, 5.74) is 0.431. The van der Waals surface area contributed by atoms with Crippen molar-refractivity contribution in [3.63, 3.8) is 0 Å². The van der Waals surface area contributed by atoms with Gasteiger partial charge in [0.05, 0.1) is 7.11 Å². The van der Waals surface area contributed by atoms with E-state index >= 15 is 0 Å². The van der Waals surface area contributed by atoms with Gasteiger partial charge in [-0.2, -0.15) is 0 Å². The smallest absolute Gasteiger partial charge is 0.305 e. The number of hydrogen-bond donors (Lipinski definition) is 0. The summed E-state index contributed by atoms with van der Waals surface area (Å²) < 4.78 is 10.4. The van der Waals surface area contributed by atoms with Gasteiger partial charge in [-0.1, -0.05) is 20.8 Å². The summed E-state index contributed by atoms with van der Waals surface area (Å²) in [6.45, 7) is 8.76. The molecule has 5 nitrogen and oxygen atoms in total. The average molecular weight is 461 g/mol. The standard InChI is InChI=1S/C28H44O5/c1-17(7-6-8-25(31)32-5)21-9-10-22-26-23(12-14-28(21,22)4)27(3)13-11-20(33-18(2)29)15-19(27)16-24(26)30/h17,19-23,26H,6-16H2,1-5H3/t17-,19?,20+,21-,22+,23+,26+,27+,28-/m1/s1. The summed E-state index contributed by atoms with van der Waals surface area (Å²) in [6.07, 6.45) is 10.7. The van der Waals surface area contributed by atoms with Gasteiger partial charge in [-0.05, 0) is 98.2 Å². The van der Waals surface area contributed by atoms with Crippen molar-refractivity contribution >= 4 is 17.7 Å². The van der Waals surface area contributed by atoms with Crippen molar-refractivity contribution in [1.29, 1.82) is 0 Å². The van der Waals surface area contributed by atoms with Crippen molar-refractivity contribution in [3.8, 4) is 0 Å². The first kappa shape index (κ1) is 24.7. The molecule has 33 heavy (non-hydrogen) atoms. The lowest BCUT2D eigenvalue weighted by Gasteiger charge is -2.60. The van der Waals surface area contributed by atoms with Crippen LogP contribution < -0.4 is 0 Å². The normalized spacial score (nSPS) is 43.1. The largest absolute Gasteiger partial charge is 0.469 e. The van der Waals surface area contributed by atoms with Gasteiger partial charge in [0.15, 0.2) is 0 Å². The van der Waals surface area contributed by atoms with Crippen LogP contribution in [0.2, 0.25) is 0 Å². The molecule has 4 saturated carbocycles. The number of methoxy groups -OCH3 is 1. The monoisotopic (exact) mass is 460 g/mol. The first-order chi connectivity index (χ1) is 15.6. The molecular weight excluding hydrogens is 416 g/mol. The summed E-state index contributed by atoms with van der Waals surface area (Å²) in [5, 5.41) is 0. The van der Waals surface area contributed by atoms with E-state index in [2.05, 4.69) is 20.8 Å². The van der Waals surface area contributed by atoms with Gasteiger partial charge in [0.25, 0.3) is 0 Å². The molecular formula is C28H44O5. The average Bonchev–Trinajstić information content (AvgIpc) is 3.11. The number of esters is 2. The Hall–Kier alpha value is -1.39. The van der Waals surface area contributed by atoms with Crippen LogP contribution in [0.1, 0.15) is 98.3 Å². The molecule has 0 aliphatic heterocycles. The van der Waals surface area contributed by atoms with Crippen molar-refractivity contribution in [2.24, 2.45) is 46.3 Å². The number of ether oxygens (including phenoxy) is 2. The maximum Gasteiger partial charge on any atom is 0.305 e. The second-order valence-corrected chi connectivity index (χ2v) is 12.3. The van der Waals surface area contributed by atoms with E-state index in [9.17, 15) is 14.4 Å². The van der Waals surface area contributed by atoms with Crippen LogP contribution in [-0.4, -0.2) is 30.9 Å². The number of Topliss-reactive ketones (excluding diaryl/α,β-unsaturated/α-hetero) is 1. The minimum atomic E-state index is -0.199. The number of carbonyl (C=O) groups is 3. The van der Waals surface area contributed by atoms with Gasteiger partial charge in [-0.25, -0.2) is 0 Å². The van der Waals surface area contributed by atoms with E-state index in [1.54, 1.807) is 0 Å². The zero-order valence-electron chi connectivity index (χ0n) is 21.4. The molecule has 0 radical (unpaired) electrons. The summed E-state index contributed by atoms with van der Waals surface area (Å²) >= 11 is 0. The van der Waals surface area contributed by atoms with E-state index in [1.165, 1.54) is 33.3 Å². The predicted molar refractivity (Wildman–Crippen MR) is 126 cm³/mol. The van der Waals surface area contributed by atoms with E-state index < -0.39 is 0 Å². The van der Waals surface area contributed by atoms with E-state index in [1.807, 2.05) is 0 Å². The molecule has 0 aromatic rings. The molecule has 5 heteroatoms. The second kappa shape index (κ2) is 9.34. The van der Waals surface area contributed by atoms with E-state index in [4.69, 9.17) is 9.47 Å². The highest BCUT2D eigenvalue weighted by Crippen LogP contribution is 2.67. The highest BCUT2D eigenvalue weighted by atomic mass is 16.5. The number of fused-ring (bicyclic) bond motifs is 5. The molecule has 0 bridgehead atoms. The Morgan fingerprint density at radius 2 is 1.76 bits per heavy atom. The van der Waals surface area contributed by atoms with Crippen molar-refractivity contribution in [1.82, 2.24) is 0 Å². The molecule has 0 aromatic carbocycles. The van der Waals surface area contributed by atoms with Crippen LogP contribution in [0.5, 0.6) is 0 Å². The maximum absolute atomic E-state index is 13.6. The van der Waals surface area contributed by atoms with Crippen molar-refractivity contribution < 1.29 is 23.9 Å². The Kier molecular flexibility index (Phi) is 7.00. The lowest BCUT2D eigenvalue weighted by Crippen LogP contribution is -2.57. The second-order valence-electron chi connectivity index (χ2n) is 12.3. The predicted octanol–water partition coefficient (Wildman–Crippen LogP) is 5.74. The Bertz CT molecular complexity index is 776. The van der Waals surface area contributed by atoms with Crippen molar-refractivity contribution in [3.05, 3.63) is 0 Å². The maximum atomic E-state index is 13.6. The molecule has 4 rings (SSSR count). The van der Waals surface area contributed by atoms with Crippen LogP contribution in [0, 0.1) is 46.3 Å². The quantitative estimate of drug-likeness (QED) is 0.473. The summed E-state index contributed by atoms with van der Waals surface area (Å²) in [4.78, 5) is 36.7. The molecule has 186 valence electrons. The molecule has 0 N–H and O–H groups in total. The minimum absolute atomic E-state index is 0.0134. The van der Waals surface area contributed by atoms with Crippen LogP contribution in [0.4, 0.5) is 0 Å². The van der Waals surface area contributed by atoms with Gasteiger partial charge in [0.2, 0.25) is 0 Å². The fourth-order valence-electron chi connectivity index (χ4n) is 9.08. The lowest BCUT2D eigenvalue weighted by atomic mass is 9.44. The fraction of sp³-hybridized carbons (Fsp3) is 0.893. The Labute approximate surface area is 199 Å². The van der Waals surface area contributed by atoms with Gasteiger partial charge in [0, 0.05) is 25.7 Å². The van der Waals surface area contributed by atoms with E-state index in [0.717, 1.165) is 38.5 Å². The summed E-state index contributed by atoms with van der Waals surface area (Å²) in [7, 11) is 1.46. The Balaban J connectivity index is 1.46. The van der Waals surface area contributed by atoms with Gasteiger partial charge in [0.1, 0.15) is 11.9 Å². The first-order valence-electron chi connectivity index (χ1n) is 13.4. The third kappa shape index (κ3) is 4.38. The number of carbonyl (C=O) groups excluding carboxylic acids is 3. The topological polar surface area (TPSA) is 69.7 Å². The minimum Gasteiger partial charge on any atom is -0.469 e. The third-order valence-corrected chi connectivity index (χ3v) is 10.8. The Morgan fingerprint density at radius 3 is 2.45 bits per heavy atom. The molecule has 9 atom stereocenters. The zero-order chi connectivity index (χ0) is 24.0. The highest BCUT2D eigenvalue weighted by molar-refractivity contribution is 5.83. The molecule has 4 fully saturated rings. The van der Waals surface area contributed by atoms with Crippen molar-refractivity contribution in [2.45, 2.75) is 104 Å². The first-order valence-corrected chi connectivity index (χ1v) is 13.4. The highest BCUT2D eigenvalue weighted by Gasteiger charge is 2.63. The lowest BCUT2D eigenvalue weighted by molar-refractivity contribution is -0.168. The van der Waals surface area contributed by atoms with Crippen molar-refractivity contribution in [2.75, 3.05) is 7.11 Å². The number of ketones is 1. The van der Waals surface area contributed by atoms with E-state index in [0.29, 0.717) is 48.2 Å². The molecule has 0 saturated heterocycles. The molecule has 1 unspecified atom stereocenters. The van der Waals surface area contributed by atoms with Crippen LogP contribution >= 0.6 is 0 Å². The van der Waals surface area contributed by atoms with Crippen LogP contribution in [-0.2, 0) is 23.9 Å². The third-order valence-electron chi connectivity index (χ3n) is 10.8. The summed E-state index contributed by atoms with van der Waals surface area (Å²) in [5.74, 6) is 2.93.